The van der Waals surface area contributed by atoms with Crippen molar-refractivity contribution in [3.63, 3.8) is 0 Å². The van der Waals surface area contributed by atoms with Gasteiger partial charge in [-0.3, -0.25) is 4.31 Å². The molecule has 2 N–H and O–H groups in total. The number of nitrogens with zero attached hydrogens (tertiary/aromatic N) is 4. The van der Waals surface area contributed by atoms with Gasteiger partial charge < -0.3 is 10.6 Å². The summed E-state index contributed by atoms with van der Waals surface area (Å²) in [5.41, 5.74) is 5.45. The molecule has 0 saturated carbocycles. The third kappa shape index (κ3) is 3.07. The quantitative estimate of drug-likeness (QED) is 0.498. The zero-order chi connectivity index (χ0) is 18.9. The molecule has 4 heterocycles. The Morgan fingerprint density at radius 1 is 1.29 bits per heavy atom. The number of aryl methyl sites for hydroxylation is 1. The van der Waals surface area contributed by atoms with E-state index in [0.29, 0.717) is 12.5 Å². The van der Waals surface area contributed by atoms with E-state index in [2.05, 4.69) is 55.8 Å². The Bertz CT molecular complexity index is 1050. The molecule has 140 valence electrons. The van der Waals surface area contributed by atoms with Crippen LogP contribution in [0.4, 0.5) is 23.1 Å². The number of pyridine rings is 1. The first-order chi connectivity index (χ1) is 13.8. The maximum atomic E-state index is 4.80. The normalized spacial score (nSPS) is 14.4. The van der Waals surface area contributed by atoms with Crippen LogP contribution in [0.5, 0.6) is 0 Å². The van der Waals surface area contributed by atoms with Gasteiger partial charge in [-0.2, -0.15) is 0 Å². The number of hydrogen-bond acceptors (Lipinski definition) is 7. The number of hydrogen-bond donors (Lipinski definition) is 2. The molecule has 0 spiro atoms. The third-order valence-electron chi connectivity index (χ3n) is 4.84. The van der Waals surface area contributed by atoms with Crippen molar-refractivity contribution in [1.82, 2.24) is 15.0 Å². The molecule has 3 aromatic rings. The van der Waals surface area contributed by atoms with E-state index in [1.165, 1.54) is 17.7 Å². The van der Waals surface area contributed by atoms with Gasteiger partial charge in [0.25, 0.3) is 0 Å². The van der Waals surface area contributed by atoms with Crippen LogP contribution in [0, 0.1) is 0 Å². The lowest BCUT2D eigenvalue weighted by Gasteiger charge is -2.28. The topological polar surface area (TPSA) is 66.0 Å². The van der Waals surface area contributed by atoms with Crippen LogP contribution >= 0.6 is 11.9 Å². The van der Waals surface area contributed by atoms with Crippen LogP contribution in [0.2, 0.25) is 0 Å². The Labute approximate surface area is 168 Å². The minimum Gasteiger partial charge on any atom is -0.385 e. The molecular formula is C21H20N6S. The third-order valence-corrected chi connectivity index (χ3v) is 5.88. The second-order valence-corrected chi connectivity index (χ2v) is 7.81. The standard InChI is InChI=1S/C21H20N6S/c1-2-11-27-20-16(6-4-10-23-20)19-18(28-27)13-24-21(26-19)25-15-8-7-14-5-3-9-22-17(14)12-15/h2,4,6-8,10,12-13,22H,1,3,5,9,11H2,(H,24,25,26). The first kappa shape index (κ1) is 17.1. The summed E-state index contributed by atoms with van der Waals surface area (Å²) >= 11 is 1.59. The van der Waals surface area contributed by atoms with Gasteiger partial charge in [0, 0.05) is 42.4 Å². The highest BCUT2D eigenvalue weighted by molar-refractivity contribution is 8.00. The highest BCUT2D eigenvalue weighted by Crippen LogP contribution is 2.44. The highest BCUT2D eigenvalue weighted by Gasteiger charge is 2.25. The molecule has 0 aliphatic carbocycles. The van der Waals surface area contributed by atoms with Gasteiger partial charge in [0.05, 0.1) is 10.6 Å². The molecule has 1 aromatic carbocycles. The molecule has 0 atom stereocenters. The summed E-state index contributed by atoms with van der Waals surface area (Å²) in [6, 6.07) is 10.4. The summed E-state index contributed by atoms with van der Waals surface area (Å²) in [6.07, 6.45) is 7.86. The van der Waals surface area contributed by atoms with Crippen molar-refractivity contribution in [2.24, 2.45) is 0 Å². The number of fused-ring (bicyclic) bond motifs is 4. The van der Waals surface area contributed by atoms with E-state index in [-0.39, 0.29) is 0 Å². The number of benzene rings is 1. The number of rotatable bonds is 4. The van der Waals surface area contributed by atoms with Crippen molar-refractivity contribution >= 4 is 35.1 Å². The van der Waals surface area contributed by atoms with Crippen molar-refractivity contribution in [2.45, 2.75) is 17.7 Å². The summed E-state index contributed by atoms with van der Waals surface area (Å²) in [5.74, 6) is 1.49. The minimum absolute atomic E-state index is 0.585. The molecule has 2 aliphatic rings. The highest BCUT2D eigenvalue weighted by atomic mass is 32.2. The fourth-order valence-electron chi connectivity index (χ4n) is 3.54. The van der Waals surface area contributed by atoms with Gasteiger partial charge >= 0.3 is 0 Å². The average molecular weight is 389 g/mol. The zero-order valence-electron chi connectivity index (χ0n) is 15.4. The molecule has 5 rings (SSSR count). The molecule has 2 aromatic heterocycles. The van der Waals surface area contributed by atoms with E-state index in [0.717, 1.165) is 40.6 Å². The Morgan fingerprint density at radius 2 is 2.25 bits per heavy atom. The number of nitrogens with one attached hydrogen (secondary N) is 2. The first-order valence-electron chi connectivity index (χ1n) is 9.34. The Hall–Kier alpha value is -3.06. The Balaban J connectivity index is 1.48. The molecule has 28 heavy (non-hydrogen) atoms. The van der Waals surface area contributed by atoms with Gasteiger partial charge in [-0.25, -0.2) is 15.0 Å². The zero-order valence-corrected chi connectivity index (χ0v) is 16.2. The smallest absolute Gasteiger partial charge is 0.227 e. The van der Waals surface area contributed by atoms with E-state index in [9.17, 15) is 0 Å². The molecule has 7 heteroatoms. The van der Waals surface area contributed by atoms with E-state index < -0.39 is 0 Å². The van der Waals surface area contributed by atoms with Gasteiger partial charge in [0.15, 0.2) is 0 Å². The van der Waals surface area contributed by atoms with Crippen molar-refractivity contribution in [2.75, 3.05) is 28.0 Å². The summed E-state index contributed by atoms with van der Waals surface area (Å²) in [4.78, 5) is 14.9. The van der Waals surface area contributed by atoms with Gasteiger partial charge in [0.1, 0.15) is 5.82 Å². The number of aromatic nitrogens is 3. The van der Waals surface area contributed by atoms with Gasteiger partial charge in [-0.15, -0.1) is 6.58 Å². The molecule has 0 unspecified atom stereocenters. The molecule has 0 bridgehead atoms. The van der Waals surface area contributed by atoms with Crippen molar-refractivity contribution < 1.29 is 0 Å². The summed E-state index contributed by atoms with van der Waals surface area (Å²) in [7, 11) is 0. The van der Waals surface area contributed by atoms with E-state index in [1.807, 2.05) is 18.3 Å². The predicted octanol–water partition coefficient (Wildman–Crippen LogP) is 4.65. The van der Waals surface area contributed by atoms with Crippen LogP contribution in [-0.4, -0.2) is 28.0 Å². The average Bonchev–Trinajstić information content (AvgIpc) is 2.74. The van der Waals surface area contributed by atoms with Gasteiger partial charge in [-0.1, -0.05) is 12.1 Å². The van der Waals surface area contributed by atoms with Crippen LogP contribution in [0.15, 0.2) is 60.3 Å². The van der Waals surface area contributed by atoms with E-state index >= 15 is 0 Å². The van der Waals surface area contributed by atoms with Crippen LogP contribution in [0.1, 0.15) is 12.0 Å². The van der Waals surface area contributed by atoms with Crippen molar-refractivity contribution in [3.8, 4) is 11.3 Å². The summed E-state index contributed by atoms with van der Waals surface area (Å²) in [5, 5.41) is 6.81. The summed E-state index contributed by atoms with van der Waals surface area (Å²) < 4.78 is 2.11. The fraction of sp³-hybridized carbons (Fsp3) is 0.190. The van der Waals surface area contributed by atoms with Crippen molar-refractivity contribution in [1.29, 1.82) is 0 Å². The van der Waals surface area contributed by atoms with Crippen LogP contribution < -0.4 is 14.9 Å². The first-order valence-corrected chi connectivity index (χ1v) is 10.1. The lowest BCUT2D eigenvalue weighted by molar-refractivity contribution is 0.830. The Kier molecular flexibility index (Phi) is 4.37. The van der Waals surface area contributed by atoms with E-state index in [4.69, 9.17) is 4.98 Å². The molecule has 6 nitrogen and oxygen atoms in total. The van der Waals surface area contributed by atoms with E-state index in [1.54, 1.807) is 18.1 Å². The largest absolute Gasteiger partial charge is 0.385 e. The van der Waals surface area contributed by atoms with Crippen molar-refractivity contribution in [3.05, 3.63) is 60.9 Å². The second-order valence-electron chi connectivity index (χ2n) is 6.75. The SMILES string of the molecule is C=CCN1Sc2cnc(Nc3ccc4c(c3)NCCC4)nc2-c2cccnc21. The molecule has 0 amide bonds. The van der Waals surface area contributed by atoms with Gasteiger partial charge in [0.2, 0.25) is 5.95 Å². The predicted molar refractivity (Wildman–Crippen MR) is 115 cm³/mol. The molecule has 0 saturated heterocycles. The fourth-order valence-corrected chi connectivity index (χ4v) is 4.53. The minimum atomic E-state index is 0.585. The lowest BCUT2D eigenvalue weighted by atomic mass is 10.0. The van der Waals surface area contributed by atoms with Crippen LogP contribution in [-0.2, 0) is 6.42 Å². The lowest BCUT2D eigenvalue weighted by Crippen LogP contribution is -2.20. The summed E-state index contributed by atoms with van der Waals surface area (Å²) in [6.45, 7) is 5.57. The maximum Gasteiger partial charge on any atom is 0.227 e. The molecule has 0 fully saturated rings. The van der Waals surface area contributed by atoms with Gasteiger partial charge in [-0.05, 0) is 54.6 Å². The second kappa shape index (κ2) is 7.16. The van der Waals surface area contributed by atoms with Crippen LogP contribution in [0.25, 0.3) is 11.3 Å². The molecular weight excluding hydrogens is 368 g/mol. The number of anilines is 4. The molecule has 2 aliphatic heterocycles. The van der Waals surface area contributed by atoms with Crippen LogP contribution in [0.3, 0.4) is 0 Å². The maximum absolute atomic E-state index is 4.80. The molecule has 0 radical (unpaired) electrons. The Morgan fingerprint density at radius 3 is 3.18 bits per heavy atom. The monoisotopic (exact) mass is 388 g/mol.